The van der Waals surface area contributed by atoms with Gasteiger partial charge in [0.25, 0.3) is 11.6 Å². The molecule has 0 spiro atoms. The van der Waals surface area contributed by atoms with E-state index in [0.717, 1.165) is 0 Å². The van der Waals surface area contributed by atoms with Crippen LogP contribution in [0, 0.1) is 17.0 Å². The molecule has 9 heteroatoms. The van der Waals surface area contributed by atoms with Crippen molar-refractivity contribution >= 4 is 28.9 Å². The summed E-state index contributed by atoms with van der Waals surface area (Å²) >= 11 is 5.74. The summed E-state index contributed by atoms with van der Waals surface area (Å²) in [5.41, 5.74) is -0.269. The van der Waals surface area contributed by atoms with Crippen molar-refractivity contribution in [3.05, 3.63) is 45.0 Å². The van der Waals surface area contributed by atoms with Crippen molar-refractivity contribution in [2.75, 3.05) is 5.32 Å². The molecule has 8 nitrogen and oxygen atoms in total. The Kier molecular flexibility index (Phi) is 3.43. The number of nitrogens with zero attached hydrogens (tertiary/aromatic N) is 3. The number of halogens is 1. The van der Waals surface area contributed by atoms with E-state index in [1.54, 1.807) is 6.92 Å². The lowest BCUT2D eigenvalue weighted by atomic mass is 10.2. The number of nitro benzene ring substituents is 1. The number of aromatic nitrogens is 3. The molecular weight excluding hydrogens is 274 g/mol. The molecule has 2 aromatic rings. The lowest BCUT2D eigenvalue weighted by Gasteiger charge is -2.04. The summed E-state index contributed by atoms with van der Waals surface area (Å²) in [7, 11) is 0. The van der Waals surface area contributed by atoms with Crippen LogP contribution >= 0.6 is 11.6 Å². The smallest absolute Gasteiger partial charge is 0.295 e. The van der Waals surface area contributed by atoms with Crippen LogP contribution in [-0.4, -0.2) is 26.0 Å². The number of H-pyrrole nitrogens is 1. The molecule has 0 aliphatic carbocycles. The fourth-order valence-corrected chi connectivity index (χ4v) is 1.56. The Morgan fingerprint density at radius 1 is 1.53 bits per heavy atom. The second kappa shape index (κ2) is 5.02. The third-order valence-corrected chi connectivity index (χ3v) is 2.44. The van der Waals surface area contributed by atoms with Crippen molar-refractivity contribution in [2.45, 2.75) is 6.92 Å². The minimum atomic E-state index is -0.658. The number of carbonyl (C=O) groups excluding carboxylic acids is 1. The maximum absolute atomic E-state index is 11.8. The Morgan fingerprint density at radius 3 is 2.84 bits per heavy atom. The first-order valence-electron chi connectivity index (χ1n) is 5.11. The third-order valence-electron chi connectivity index (χ3n) is 2.20. The Morgan fingerprint density at radius 2 is 2.26 bits per heavy atom. The monoisotopic (exact) mass is 281 g/mol. The number of aryl methyl sites for hydroxylation is 1. The zero-order valence-electron chi connectivity index (χ0n) is 9.68. The Bertz CT molecular complexity index is 654. The summed E-state index contributed by atoms with van der Waals surface area (Å²) in [5.74, 6) is -0.299. The van der Waals surface area contributed by atoms with E-state index in [2.05, 4.69) is 20.5 Å². The van der Waals surface area contributed by atoms with Gasteiger partial charge in [-0.1, -0.05) is 11.6 Å². The van der Waals surface area contributed by atoms with Gasteiger partial charge in [0.2, 0.25) is 5.82 Å². The van der Waals surface area contributed by atoms with E-state index in [0.29, 0.717) is 5.82 Å². The van der Waals surface area contributed by atoms with Crippen molar-refractivity contribution in [1.29, 1.82) is 0 Å². The van der Waals surface area contributed by atoms with Crippen LogP contribution in [0.5, 0.6) is 0 Å². The minimum Gasteiger partial charge on any atom is -0.313 e. The number of rotatable bonds is 3. The highest BCUT2D eigenvalue weighted by Gasteiger charge is 2.19. The Balaban J connectivity index is 2.30. The number of amides is 1. The number of benzene rings is 1. The molecule has 1 heterocycles. The van der Waals surface area contributed by atoms with E-state index in [1.807, 2.05) is 0 Å². The van der Waals surface area contributed by atoms with Gasteiger partial charge in [-0.05, 0) is 19.1 Å². The van der Waals surface area contributed by atoms with Crippen LogP contribution < -0.4 is 5.32 Å². The largest absolute Gasteiger partial charge is 0.313 e. The number of anilines is 1. The summed E-state index contributed by atoms with van der Waals surface area (Å²) in [6.45, 7) is 1.63. The Labute approximate surface area is 112 Å². The van der Waals surface area contributed by atoms with E-state index < -0.39 is 10.8 Å². The highest BCUT2D eigenvalue weighted by atomic mass is 35.5. The predicted octanol–water partition coefficient (Wildman–Crippen LogP) is 1.93. The van der Waals surface area contributed by atoms with Crippen molar-refractivity contribution in [2.24, 2.45) is 0 Å². The first-order chi connectivity index (χ1) is 8.97. The summed E-state index contributed by atoms with van der Waals surface area (Å²) in [6.07, 6.45) is 0. The van der Waals surface area contributed by atoms with Crippen molar-refractivity contribution in [1.82, 2.24) is 15.2 Å². The number of aromatic amines is 1. The molecule has 0 aliphatic rings. The van der Waals surface area contributed by atoms with Gasteiger partial charge in [0.05, 0.1) is 4.92 Å². The van der Waals surface area contributed by atoms with Crippen LogP contribution in [0.25, 0.3) is 0 Å². The highest BCUT2D eigenvalue weighted by molar-refractivity contribution is 6.31. The topological polar surface area (TPSA) is 114 Å². The van der Waals surface area contributed by atoms with Gasteiger partial charge in [-0.15, -0.1) is 5.10 Å². The minimum absolute atomic E-state index is 0.00930. The molecule has 0 aliphatic heterocycles. The van der Waals surface area contributed by atoms with Crippen molar-refractivity contribution in [3.8, 4) is 0 Å². The molecule has 0 unspecified atom stereocenters. The molecule has 0 saturated heterocycles. The van der Waals surface area contributed by atoms with Gasteiger partial charge in [0, 0.05) is 11.1 Å². The Hall–Kier alpha value is -2.48. The average Bonchev–Trinajstić information content (AvgIpc) is 2.75. The highest BCUT2D eigenvalue weighted by Crippen LogP contribution is 2.27. The summed E-state index contributed by atoms with van der Waals surface area (Å²) in [5, 5.41) is 19.6. The summed E-state index contributed by atoms with van der Waals surface area (Å²) < 4.78 is 0. The van der Waals surface area contributed by atoms with E-state index in [9.17, 15) is 14.9 Å². The van der Waals surface area contributed by atoms with Crippen LogP contribution in [0.2, 0.25) is 5.02 Å². The van der Waals surface area contributed by atoms with Crippen LogP contribution in [0.1, 0.15) is 16.4 Å². The van der Waals surface area contributed by atoms with Gasteiger partial charge >= 0.3 is 0 Å². The fraction of sp³-hybridized carbons (Fsp3) is 0.100. The van der Waals surface area contributed by atoms with E-state index in [1.165, 1.54) is 18.2 Å². The maximum atomic E-state index is 11.8. The predicted molar refractivity (Wildman–Crippen MR) is 67.2 cm³/mol. The van der Waals surface area contributed by atoms with E-state index in [-0.39, 0.29) is 22.2 Å². The molecule has 1 aromatic heterocycles. The third kappa shape index (κ3) is 2.86. The summed E-state index contributed by atoms with van der Waals surface area (Å²) in [4.78, 5) is 25.8. The number of nitro groups is 1. The van der Waals surface area contributed by atoms with Gasteiger partial charge in [0.15, 0.2) is 0 Å². The first-order valence-corrected chi connectivity index (χ1v) is 5.49. The zero-order valence-corrected chi connectivity index (χ0v) is 10.4. The van der Waals surface area contributed by atoms with Gasteiger partial charge in [-0.2, -0.15) is 0 Å². The zero-order chi connectivity index (χ0) is 14.0. The van der Waals surface area contributed by atoms with Gasteiger partial charge in [-0.3, -0.25) is 20.0 Å². The number of hydrogen-bond acceptors (Lipinski definition) is 5. The lowest BCUT2D eigenvalue weighted by molar-refractivity contribution is -0.383. The number of nitrogens with one attached hydrogen (secondary N) is 2. The summed E-state index contributed by atoms with van der Waals surface area (Å²) in [6, 6.07) is 3.87. The van der Waals surface area contributed by atoms with Crippen molar-refractivity contribution in [3.63, 3.8) is 0 Å². The van der Waals surface area contributed by atoms with Gasteiger partial charge < -0.3 is 5.32 Å². The molecule has 1 aromatic carbocycles. The molecule has 2 N–H and O–H groups in total. The molecule has 0 atom stereocenters. The molecule has 2 rings (SSSR count). The second-order valence-corrected chi connectivity index (χ2v) is 4.05. The quantitative estimate of drug-likeness (QED) is 0.659. The molecular formula is C10H8ClN5O3. The molecule has 0 fully saturated rings. The van der Waals surface area contributed by atoms with Gasteiger partial charge in [-0.25, -0.2) is 4.98 Å². The molecule has 19 heavy (non-hydrogen) atoms. The van der Waals surface area contributed by atoms with Crippen molar-refractivity contribution < 1.29 is 9.72 Å². The SMILES string of the molecule is Cc1nc(C(=O)Nc2cc(Cl)ccc2[N+](=O)[O-])n[nH]1. The second-order valence-electron chi connectivity index (χ2n) is 3.62. The standard InChI is InChI=1S/C10H8ClN5O3/c1-5-12-9(15-14-5)10(17)13-7-4-6(11)2-3-8(7)16(18)19/h2-4H,1H3,(H,13,17)(H,12,14,15). The molecule has 0 saturated carbocycles. The average molecular weight is 282 g/mol. The van der Waals surface area contributed by atoms with Gasteiger partial charge in [0.1, 0.15) is 11.5 Å². The normalized spacial score (nSPS) is 10.2. The lowest BCUT2D eigenvalue weighted by Crippen LogP contribution is -2.14. The van der Waals surface area contributed by atoms with E-state index in [4.69, 9.17) is 11.6 Å². The first kappa shape index (κ1) is 13.0. The van der Waals surface area contributed by atoms with Crippen LogP contribution in [0.4, 0.5) is 11.4 Å². The van der Waals surface area contributed by atoms with Crippen LogP contribution in [0.3, 0.4) is 0 Å². The molecule has 0 bridgehead atoms. The maximum Gasteiger partial charge on any atom is 0.295 e. The van der Waals surface area contributed by atoms with E-state index >= 15 is 0 Å². The molecule has 1 amide bonds. The fourth-order valence-electron chi connectivity index (χ4n) is 1.39. The van der Waals surface area contributed by atoms with Crippen LogP contribution in [-0.2, 0) is 0 Å². The molecule has 0 radical (unpaired) electrons. The molecule has 98 valence electrons. The number of carbonyl (C=O) groups is 1. The number of hydrogen-bond donors (Lipinski definition) is 2. The van der Waals surface area contributed by atoms with Crippen LogP contribution in [0.15, 0.2) is 18.2 Å².